The third-order valence-corrected chi connectivity index (χ3v) is 3.79. The molecular weight excluding hydrogens is 224 g/mol. The second-order valence-corrected chi connectivity index (χ2v) is 6.17. The third kappa shape index (κ3) is 4.72. The largest absolute Gasteiger partial charge is 0.395 e. The molecule has 4 N–H and O–H groups in total. The van der Waals surface area contributed by atoms with Crippen molar-refractivity contribution in [2.75, 3.05) is 12.9 Å². The standard InChI is InChI=1S/C11H24N2O2S/c1-7(8(6-14)16-5)13-10(15)9(12)11(2,3)4/h7-9,14H,6,12H2,1-5H3,(H,13,15)/t7?,8?,9-/m1/s1. The van der Waals surface area contributed by atoms with E-state index in [2.05, 4.69) is 5.32 Å². The van der Waals surface area contributed by atoms with Gasteiger partial charge in [-0.3, -0.25) is 4.79 Å². The number of hydrogen-bond donors (Lipinski definition) is 3. The SMILES string of the molecule is CSC(CO)C(C)NC(=O)[C@@H](N)C(C)(C)C. The number of carbonyl (C=O) groups is 1. The van der Waals surface area contributed by atoms with Crippen molar-refractivity contribution < 1.29 is 9.90 Å². The first-order valence-electron chi connectivity index (χ1n) is 5.43. The van der Waals surface area contributed by atoms with Gasteiger partial charge in [-0.15, -0.1) is 0 Å². The Morgan fingerprint density at radius 3 is 2.31 bits per heavy atom. The van der Waals surface area contributed by atoms with E-state index in [4.69, 9.17) is 10.8 Å². The zero-order chi connectivity index (χ0) is 12.9. The van der Waals surface area contributed by atoms with Crippen LogP contribution < -0.4 is 11.1 Å². The van der Waals surface area contributed by atoms with E-state index in [1.807, 2.05) is 34.0 Å². The van der Waals surface area contributed by atoms with Gasteiger partial charge in [-0.1, -0.05) is 20.8 Å². The topological polar surface area (TPSA) is 75.3 Å². The van der Waals surface area contributed by atoms with E-state index < -0.39 is 6.04 Å². The Kier molecular flexibility index (Phi) is 6.36. The molecule has 16 heavy (non-hydrogen) atoms. The summed E-state index contributed by atoms with van der Waals surface area (Å²) < 4.78 is 0. The van der Waals surface area contributed by atoms with Gasteiger partial charge in [-0.2, -0.15) is 11.8 Å². The Morgan fingerprint density at radius 2 is 2.00 bits per heavy atom. The van der Waals surface area contributed by atoms with Crippen molar-refractivity contribution in [2.24, 2.45) is 11.1 Å². The van der Waals surface area contributed by atoms with Crippen molar-refractivity contribution in [3.63, 3.8) is 0 Å². The molecular formula is C11H24N2O2S. The van der Waals surface area contributed by atoms with Gasteiger partial charge in [0.05, 0.1) is 12.6 Å². The Bertz CT molecular complexity index is 225. The van der Waals surface area contributed by atoms with Gasteiger partial charge in [0.2, 0.25) is 5.91 Å². The molecule has 2 unspecified atom stereocenters. The molecule has 0 aromatic carbocycles. The van der Waals surface area contributed by atoms with Gasteiger partial charge in [0.25, 0.3) is 0 Å². The molecule has 0 rings (SSSR count). The number of hydrogen-bond acceptors (Lipinski definition) is 4. The van der Waals surface area contributed by atoms with E-state index >= 15 is 0 Å². The molecule has 96 valence electrons. The Labute approximate surface area is 102 Å². The van der Waals surface area contributed by atoms with Crippen LogP contribution in [0.4, 0.5) is 0 Å². The molecule has 0 saturated heterocycles. The van der Waals surface area contributed by atoms with Crippen molar-refractivity contribution in [1.29, 1.82) is 0 Å². The van der Waals surface area contributed by atoms with Crippen LogP contribution in [0.3, 0.4) is 0 Å². The molecule has 5 heteroatoms. The summed E-state index contributed by atoms with van der Waals surface area (Å²) >= 11 is 1.53. The second-order valence-electron chi connectivity index (χ2n) is 5.10. The zero-order valence-electron chi connectivity index (χ0n) is 10.8. The summed E-state index contributed by atoms with van der Waals surface area (Å²) in [5.41, 5.74) is 5.59. The molecule has 0 radical (unpaired) electrons. The molecule has 0 aliphatic heterocycles. The van der Waals surface area contributed by atoms with Crippen LogP contribution in [0.5, 0.6) is 0 Å². The van der Waals surface area contributed by atoms with Crippen LogP contribution in [0, 0.1) is 5.41 Å². The van der Waals surface area contributed by atoms with Gasteiger partial charge < -0.3 is 16.2 Å². The number of thioether (sulfide) groups is 1. The summed E-state index contributed by atoms with van der Waals surface area (Å²) in [6.07, 6.45) is 1.91. The number of amides is 1. The number of nitrogens with one attached hydrogen (secondary N) is 1. The number of aliphatic hydroxyl groups is 1. The van der Waals surface area contributed by atoms with Crippen LogP contribution in [0.15, 0.2) is 0 Å². The molecule has 0 spiro atoms. The Morgan fingerprint density at radius 1 is 1.50 bits per heavy atom. The average molecular weight is 248 g/mol. The van der Waals surface area contributed by atoms with Crippen molar-refractivity contribution in [3.05, 3.63) is 0 Å². The maximum Gasteiger partial charge on any atom is 0.237 e. The maximum absolute atomic E-state index is 11.8. The number of rotatable bonds is 5. The van der Waals surface area contributed by atoms with Crippen LogP contribution >= 0.6 is 11.8 Å². The lowest BCUT2D eigenvalue weighted by atomic mass is 9.87. The van der Waals surface area contributed by atoms with Crippen LogP contribution in [-0.4, -0.2) is 41.2 Å². The lowest BCUT2D eigenvalue weighted by Gasteiger charge is -2.29. The molecule has 1 amide bonds. The highest BCUT2D eigenvalue weighted by Gasteiger charge is 2.29. The first kappa shape index (κ1) is 15.7. The lowest BCUT2D eigenvalue weighted by Crippen LogP contribution is -2.53. The quantitative estimate of drug-likeness (QED) is 0.665. The van der Waals surface area contributed by atoms with Crippen LogP contribution in [-0.2, 0) is 4.79 Å². The number of aliphatic hydroxyl groups excluding tert-OH is 1. The molecule has 0 aromatic heterocycles. The first-order valence-corrected chi connectivity index (χ1v) is 6.72. The summed E-state index contributed by atoms with van der Waals surface area (Å²) in [5.74, 6) is -0.160. The summed E-state index contributed by atoms with van der Waals surface area (Å²) in [6.45, 7) is 7.72. The van der Waals surface area contributed by atoms with Crippen molar-refractivity contribution in [1.82, 2.24) is 5.32 Å². The normalized spacial score (nSPS) is 17.7. The predicted octanol–water partition coefficient (Wildman–Crippen LogP) is 0.588. The zero-order valence-corrected chi connectivity index (χ0v) is 11.6. The third-order valence-electron chi connectivity index (χ3n) is 2.63. The van der Waals surface area contributed by atoms with E-state index in [-0.39, 0.29) is 29.2 Å². The Hall–Kier alpha value is -0.260. The highest BCUT2D eigenvalue weighted by atomic mass is 32.2. The molecule has 4 nitrogen and oxygen atoms in total. The molecule has 0 saturated carbocycles. The van der Waals surface area contributed by atoms with Crippen molar-refractivity contribution >= 4 is 17.7 Å². The molecule has 0 heterocycles. The summed E-state index contributed by atoms with van der Waals surface area (Å²) in [4.78, 5) is 11.8. The van der Waals surface area contributed by atoms with Gasteiger partial charge in [0, 0.05) is 11.3 Å². The molecule has 0 bridgehead atoms. The van der Waals surface area contributed by atoms with Crippen molar-refractivity contribution in [3.8, 4) is 0 Å². The fraction of sp³-hybridized carbons (Fsp3) is 0.909. The van der Waals surface area contributed by atoms with Gasteiger partial charge in [0.15, 0.2) is 0 Å². The van der Waals surface area contributed by atoms with Gasteiger partial charge in [-0.05, 0) is 18.6 Å². The fourth-order valence-electron chi connectivity index (χ4n) is 1.24. The molecule has 0 aliphatic carbocycles. The van der Waals surface area contributed by atoms with Gasteiger partial charge in [0.1, 0.15) is 0 Å². The lowest BCUT2D eigenvalue weighted by molar-refractivity contribution is -0.125. The van der Waals surface area contributed by atoms with E-state index in [0.717, 1.165) is 0 Å². The van der Waals surface area contributed by atoms with Crippen LogP contribution in [0.1, 0.15) is 27.7 Å². The summed E-state index contributed by atoms with van der Waals surface area (Å²) in [5, 5.41) is 12.0. The summed E-state index contributed by atoms with van der Waals surface area (Å²) in [6, 6.07) is -0.614. The van der Waals surface area contributed by atoms with Crippen LogP contribution in [0.25, 0.3) is 0 Å². The molecule has 0 fully saturated rings. The Balaban J connectivity index is 4.34. The number of carbonyl (C=O) groups excluding carboxylic acids is 1. The van der Waals surface area contributed by atoms with Gasteiger partial charge in [-0.25, -0.2) is 0 Å². The fourth-order valence-corrected chi connectivity index (χ4v) is 1.86. The van der Waals surface area contributed by atoms with Crippen molar-refractivity contribution in [2.45, 2.75) is 45.0 Å². The van der Waals surface area contributed by atoms with E-state index in [0.29, 0.717) is 0 Å². The summed E-state index contributed by atoms with van der Waals surface area (Å²) in [7, 11) is 0. The number of nitrogens with two attached hydrogens (primary N) is 1. The second kappa shape index (κ2) is 6.47. The average Bonchev–Trinajstić information content (AvgIpc) is 2.16. The minimum Gasteiger partial charge on any atom is -0.395 e. The maximum atomic E-state index is 11.8. The highest BCUT2D eigenvalue weighted by molar-refractivity contribution is 7.99. The highest BCUT2D eigenvalue weighted by Crippen LogP contribution is 2.18. The minimum absolute atomic E-state index is 0.0103. The monoisotopic (exact) mass is 248 g/mol. The van der Waals surface area contributed by atoms with E-state index in [1.54, 1.807) is 0 Å². The molecule has 0 aromatic rings. The minimum atomic E-state index is -0.531. The first-order chi connectivity index (χ1) is 7.23. The van der Waals surface area contributed by atoms with Crippen LogP contribution in [0.2, 0.25) is 0 Å². The van der Waals surface area contributed by atoms with Gasteiger partial charge >= 0.3 is 0 Å². The van der Waals surface area contributed by atoms with E-state index in [1.165, 1.54) is 11.8 Å². The smallest absolute Gasteiger partial charge is 0.237 e. The molecule has 0 aliphatic rings. The predicted molar refractivity (Wildman–Crippen MR) is 69.4 cm³/mol. The molecule has 3 atom stereocenters. The van der Waals surface area contributed by atoms with E-state index in [9.17, 15) is 4.79 Å².